The summed E-state index contributed by atoms with van der Waals surface area (Å²) in [4.78, 5) is 16.1. The molecular formula is C14H19N3O2. The summed E-state index contributed by atoms with van der Waals surface area (Å²) in [6.45, 7) is 4.32. The highest BCUT2D eigenvalue weighted by Gasteiger charge is 2.13. The molecule has 0 bridgehead atoms. The van der Waals surface area contributed by atoms with Gasteiger partial charge in [0.1, 0.15) is 11.3 Å². The van der Waals surface area contributed by atoms with E-state index < -0.39 is 6.10 Å². The Morgan fingerprint density at radius 1 is 1.47 bits per heavy atom. The number of fused-ring (bicyclic) bond motifs is 1. The molecule has 2 aromatic rings. The molecule has 19 heavy (non-hydrogen) atoms. The molecule has 0 aliphatic rings. The van der Waals surface area contributed by atoms with Crippen LogP contribution in [0.1, 0.15) is 30.8 Å². The average Bonchev–Trinajstić information content (AvgIpc) is 2.78. The predicted octanol–water partition coefficient (Wildman–Crippen LogP) is 1.47. The molecule has 102 valence electrons. The van der Waals surface area contributed by atoms with Crippen LogP contribution in [0, 0.1) is 5.92 Å². The van der Waals surface area contributed by atoms with Gasteiger partial charge in [0.05, 0.1) is 6.10 Å². The number of carbonyl (C=O) groups excluding carboxylic acids is 1. The standard InChI is InChI=1S/C14H19N3O2/c1-10(2)7-11(18)8-15-14(19)12-9-17-6-4-3-5-13(17)16-12/h3-6,9-11,18H,7-8H2,1-2H3,(H,15,19). The zero-order valence-corrected chi connectivity index (χ0v) is 11.2. The second-order valence-electron chi connectivity index (χ2n) is 5.09. The lowest BCUT2D eigenvalue weighted by molar-refractivity contribution is 0.0896. The minimum absolute atomic E-state index is 0.255. The van der Waals surface area contributed by atoms with Gasteiger partial charge >= 0.3 is 0 Å². The number of hydrogen-bond donors (Lipinski definition) is 2. The predicted molar refractivity (Wildman–Crippen MR) is 73.0 cm³/mol. The number of hydrogen-bond acceptors (Lipinski definition) is 3. The summed E-state index contributed by atoms with van der Waals surface area (Å²) in [5.41, 5.74) is 1.10. The van der Waals surface area contributed by atoms with Gasteiger partial charge in [-0.1, -0.05) is 19.9 Å². The van der Waals surface area contributed by atoms with Crippen LogP contribution in [0.25, 0.3) is 5.65 Å². The first-order chi connectivity index (χ1) is 9.06. The van der Waals surface area contributed by atoms with E-state index in [1.165, 1.54) is 0 Å². The van der Waals surface area contributed by atoms with Crippen molar-refractivity contribution < 1.29 is 9.90 Å². The van der Waals surface area contributed by atoms with Crippen molar-refractivity contribution in [3.8, 4) is 0 Å². The third kappa shape index (κ3) is 3.54. The number of nitrogens with one attached hydrogen (secondary N) is 1. The van der Waals surface area contributed by atoms with Crippen LogP contribution in [0.5, 0.6) is 0 Å². The quantitative estimate of drug-likeness (QED) is 0.856. The Morgan fingerprint density at radius 3 is 2.95 bits per heavy atom. The molecule has 0 saturated heterocycles. The molecule has 1 atom stereocenters. The average molecular weight is 261 g/mol. The molecule has 1 amide bonds. The van der Waals surface area contributed by atoms with E-state index in [-0.39, 0.29) is 12.5 Å². The van der Waals surface area contributed by atoms with Gasteiger partial charge in [0.25, 0.3) is 5.91 Å². The lowest BCUT2D eigenvalue weighted by Crippen LogP contribution is -2.32. The molecule has 0 fully saturated rings. The lowest BCUT2D eigenvalue weighted by atomic mass is 10.1. The minimum atomic E-state index is -0.513. The molecule has 5 heteroatoms. The molecular weight excluding hydrogens is 242 g/mol. The zero-order chi connectivity index (χ0) is 13.8. The van der Waals surface area contributed by atoms with E-state index in [9.17, 15) is 9.90 Å². The van der Waals surface area contributed by atoms with E-state index in [0.29, 0.717) is 18.0 Å². The molecule has 0 spiro atoms. The van der Waals surface area contributed by atoms with Crippen molar-refractivity contribution in [3.05, 3.63) is 36.3 Å². The molecule has 0 radical (unpaired) electrons. The number of amides is 1. The number of nitrogens with zero attached hydrogens (tertiary/aromatic N) is 2. The van der Waals surface area contributed by atoms with Crippen molar-refractivity contribution in [3.63, 3.8) is 0 Å². The van der Waals surface area contributed by atoms with Crippen molar-refractivity contribution in [1.29, 1.82) is 0 Å². The Labute approximate surface area is 112 Å². The van der Waals surface area contributed by atoms with Gasteiger partial charge in [0.15, 0.2) is 0 Å². The molecule has 0 aliphatic carbocycles. The van der Waals surface area contributed by atoms with Crippen LogP contribution < -0.4 is 5.32 Å². The second-order valence-corrected chi connectivity index (χ2v) is 5.09. The van der Waals surface area contributed by atoms with Crippen molar-refractivity contribution in [2.24, 2.45) is 5.92 Å². The third-order valence-electron chi connectivity index (χ3n) is 2.84. The highest BCUT2D eigenvalue weighted by Crippen LogP contribution is 2.06. The van der Waals surface area contributed by atoms with Gasteiger partial charge in [0, 0.05) is 18.9 Å². The number of rotatable bonds is 5. The van der Waals surface area contributed by atoms with Gasteiger partial charge in [-0.25, -0.2) is 4.98 Å². The molecule has 2 aromatic heterocycles. The fraction of sp³-hybridized carbons (Fsp3) is 0.429. The van der Waals surface area contributed by atoms with Gasteiger partial charge < -0.3 is 14.8 Å². The molecule has 2 rings (SSSR count). The summed E-state index contributed by atoms with van der Waals surface area (Å²) in [7, 11) is 0. The molecule has 5 nitrogen and oxygen atoms in total. The zero-order valence-electron chi connectivity index (χ0n) is 11.2. The summed E-state index contributed by atoms with van der Waals surface area (Å²) in [5, 5.41) is 12.4. The van der Waals surface area contributed by atoms with Crippen LogP contribution in [0.4, 0.5) is 0 Å². The molecule has 1 unspecified atom stereocenters. The summed E-state index contributed by atoms with van der Waals surface area (Å²) in [5.74, 6) is 0.147. The van der Waals surface area contributed by atoms with Crippen LogP contribution in [0.15, 0.2) is 30.6 Å². The van der Waals surface area contributed by atoms with Gasteiger partial charge in [-0.15, -0.1) is 0 Å². The van der Waals surface area contributed by atoms with E-state index in [2.05, 4.69) is 10.3 Å². The van der Waals surface area contributed by atoms with Crippen LogP contribution in [-0.4, -0.2) is 33.0 Å². The van der Waals surface area contributed by atoms with E-state index in [1.807, 2.05) is 38.2 Å². The first-order valence-electron chi connectivity index (χ1n) is 6.46. The fourth-order valence-electron chi connectivity index (χ4n) is 1.97. The van der Waals surface area contributed by atoms with Crippen molar-refractivity contribution in [1.82, 2.24) is 14.7 Å². The number of aromatic nitrogens is 2. The summed E-state index contributed by atoms with van der Waals surface area (Å²) < 4.78 is 1.79. The van der Waals surface area contributed by atoms with E-state index in [0.717, 1.165) is 5.65 Å². The topological polar surface area (TPSA) is 66.6 Å². The number of imidazole rings is 1. The highest BCUT2D eigenvalue weighted by atomic mass is 16.3. The van der Waals surface area contributed by atoms with Crippen LogP contribution >= 0.6 is 0 Å². The normalized spacial score (nSPS) is 12.8. The van der Waals surface area contributed by atoms with Crippen LogP contribution in [0.2, 0.25) is 0 Å². The molecule has 0 saturated carbocycles. The number of carbonyl (C=O) groups is 1. The molecule has 0 aromatic carbocycles. The van der Waals surface area contributed by atoms with Crippen molar-refractivity contribution >= 4 is 11.6 Å². The van der Waals surface area contributed by atoms with Gasteiger partial charge in [-0.2, -0.15) is 0 Å². The number of aliphatic hydroxyl groups excluding tert-OH is 1. The van der Waals surface area contributed by atoms with Crippen LogP contribution in [-0.2, 0) is 0 Å². The number of pyridine rings is 1. The maximum atomic E-state index is 11.9. The maximum absolute atomic E-state index is 11.9. The first kappa shape index (κ1) is 13.5. The Bertz CT molecular complexity index is 530. The van der Waals surface area contributed by atoms with Crippen molar-refractivity contribution in [2.75, 3.05) is 6.54 Å². The van der Waals surface area contributed by atoms with Crippen molar-refractivity contribution in [2.45, 2.75) is 26.4 Å². The van der Waals surface area contributed by atoms with Gasteiger partial charge in [0.2, 0.25) is 0 Å². The fourth-order valence-corrected chi connectivity index (χ4v) is 1.97. The summed E-state index contributed by atoms with van der Waals surface area (Å²) in [6, 6.07) is 5.59. The molecule has 2 N–H and O–H groups in total. The van der Waals surface area contributed by atoms with E-state index in [1.54, 1.807) is 10.6 Å². The highest BCUT2D eigenvalue weighted by molar-refractivity contribution is 5.92. The minimum Gasteiger partial charge on any atom is -0.391 e. The molecule has 2 heterocycles. The smallest absolute Gasteiger partial charge is 0.271 e. The van der Waals surface area contributed by atoms with Gasteiger partial charge in [-0.05, 0) is 24.5 Å². The maximum Gasteiger partial charge on any atom is 0.271 e. The monoisotopic (exact) mass is 261 g/mol. The SMILES string of the molecule is CC(C)CC(O)CNC(=O)c1cn2ccccc2n1. The molecule has 0 aliphatic heterocycles. The Balaban J connectivity index is 1.96. The number of aliphatic hydroxyl groups is 1. The Kier molecular flexibility index (Phi) is 4.16. The first-order valence-corrected chi connectivity index (χ1v) is 6.46. The Hall–Kier alpha value is -1.88. The second kappa shape index (κ2) is 5.84. The van der Waals surface area contributed by atoms with E-state index in [4.69, 9.17) is 0 Å². The lowest BCUT2D eigenvalue weighted by Gasteiger charge is -2.13. The summed E-state index contributed by atoms with van der Waals surface area (Å²) in [6.07, 6.45) is 3.68. The Morgan fingerprint density at radius 2 is 2.26 bits per heavy atom. The largest absolute Gasteiger partial charge is 0.391 e. The third-order valence-corrected chi connectivity index (χ3v) is 2.84. The van der Waals surface area contributed by atoms with Crippen LogP contribution in [0.3, 0.4) is 0 Å². The van der Waals surface area contributed by atoms with E-state index >= 15 is 0 Å². The van der Waals surface area contributed by atoms with Gasteiger partial charge in [-0.3, -0.25) is 4.79 Å². The summed E-state index contributed by atoms with van der Waals surface area (Å²) >= 11 is 0.